The van der Waals surface area contributed by atoms with Crippen LogP contribution in [-0.4, -0.2) is 32.2 Å². The van der Waals surface area contributed by atoms with Gasteiger partial charge in [-0.2, -0.15) is 0 Å². The number of fused-ring (bicyclic) bond motifs is 1. The largest absolute Gasteiger partial charge is 0.393 e. The fraction of sp³-hybridized carbons (Fsp3) is 0.292. The van der Waals surface area contributed by atoms with Crippen LogP contribution in [0.4, 0.5) is 16.8 Å². The highest BCUT2D eigenvalue weighted by Crippen LogP contribution is 2.31. The predicted octanol–water partition coefficient (Wildman–Crippen LogP) is 5.90. The standard InChI is InChI=1S/C24H24BrN5OS/c25-16-4-9-20-21(14-16)32-24(28-20)30-23-13-15(11-18-3-1-2-10-26-18)12-22(29-23)27-17-5-7-19(31)8-6-17/h1-4,9-10,12-14,17,19,31H,5-8,11H2,(H2,27,28,29,30). The SMILES string of the molecule is OC1CCC(Nc2cc(Cc3ccccn3)cc(Nc3nc4ccc(Br)cc4s3)n2)CC1. The summed E-state index contributed by atoms with van der Waals surface area (Å²) >= 11 is 5.13. The number of nitrogens with one attached hydrogen (secondary N) is 2. The summed E-state index contributed by atoms with van der Waals surface area (Å²) in [4.78, 5) is 14.0. The molecule has 0 unspecified atom stereocenters. The molecule has 8 heteroatoms. The molecule has 0 amide bonds. The first-order valence-corrected chi connectivity index (χ1v) is 12.4. The molecule has 0 radical (unpaired) electrons. The number of hydrogen-bond donors (Lipinski definition) is 3. The maximum atomic E-state index is 9.82. The molecule has 0 bridgehead atoms. The van der Waals surface area contributed by atoms with E-state index in [1.54, 1.807) is 11.3 Å². The molecule has 0 saturated heterocycles. The lowest BCUT2D eigenvalue weighted by Gasteiger charge is -2.27. The van der Waals surface area contributed by atoms with Crippen molar-refractivity contribution in [1.82, 2.24) is 15.0 Å². The Hall–Kier alpha value is -2.55. The number of rotatable bonds is 6. The van der Waals surface area contributed by atoms with Crippen molar-refractivity contribution in [3.63, 3.8) is 0 Å². The molecule has 32 heavy (non-hydrogen) atoms. The molecule has 1 saturated carbocycles. The first kappa shape index (κ1) is 21.3. The van der Waals surface area contributed by atoms with Crippen LogP contribution >= 0.6 is 27.3 Å². The van der Waals surface area contributed by atoms with Crippen LogP contribution in [0, 0.1) is 0 Å². The molecule has 164 valence electrons. The van der Waals surface area contributed by atoms with Crippen molar-refractivity contribution in [1.29, 1.82) is 0 Å². The lowest BCUT2D eigenvalue weighted by atomic mass is 9.93. The van der Waals surface area contributed by atoms with Crippen molar-refractivity contribution in [3.8, 4) is 0 Å². The number of aliphatic hydroxyl groups is 1. The van der Waals surface area contributed by atoms with E-state index in [2.05, 4.69) is 49.7 Å². The van der Waals surface area contributed by atoms with Gasteiger partial charge in [0.2, 0.25) is 0 Å². The Morgan fingerprint density at radius 2 is 1.84 bits per heavy atom. The molecule has 1 aliphatic rings. The third-order valence-electron chi connectivity index (χ3n) is 5.63. The smallest absolute Gasteiger partial charge is 0.189 e. The van der Waals surface area contributed by atoms with Gasteiger partial charge in [0.25, 0.3) is 0 Å². The summed E-state index contributed by atoms with van der Waals surface area (Å²) in [6, 6.07) is 16.5. The molecule has 5 rings (SSSR count). The zero-order chi connectivity index (χ0) is 21.9. The predicted molar refractivity (Wildman–Crippen MR) is 134 cm³/mol. The van der Waals surface area contributed by atoms with Gasteiger partial charge in [0, 0.05) is 28.8 Å². The highest BCUT2D eigenvalue weighted by Gasteiger charge is 2.20. The molecule has 0 aliphatic heterocycles. The van der Waals surface area contributed by atoms with E-state index in [0.717, 1.165) is 74.8 Å². The van der Waals surface area contributed by atoms with Crippen molar-refractivity contribution in [2.75, 3.05) is 10.6 Å². The van der Waals surface area contributed by atoms with Gasteiger partial charge in [0.05, 0.1) is 16.3 Å². The van der Waals surface area contributed by atoms with Crippen molar-refractivity contribution in [2.45, 2.75) is 44.2 Å². The fourth-order valence-corrected chi connectivity index (χ4v) is 5.45. The second-order valence-electron chi connectivity index (χ2n) is 8.15. The molecule has 1 aromatic carbocycles. The van der Waals surface area contributed by atoms with Gasteiger partial charge < -0.3 is 15.7 Å². The number of aromatic nitrogens is 3. The summed E-state index contributed by atoms with van der Waals surface area (Å²) in [6.45, 7) is 0. The van der Waals surface area contributed by atoms with Crippen molar-refractivity contribution < 1.29 is 5.11 Å². The number of halogens is 1. The van der Waals surface area contributed by atoms with Crippen LogP contribution in [0.1, 0.15) is 36.9 Å². The number of hydrogen-bond acceptors (Lipinski definition) is 7. The molecule has 1 fully saturated rings. The zero-order valence-corrected chi connectivity index (χ0v) is 19.9. The fourth-order valence-electron chi connectivity index (χ4n) is 4.03. The third kappa shape index (κ3) is 5.26. The lowest BCUT2D eigenvalue weighted by molar-refractivity contribution is 0.126. The molecule has 1 aliphatic carbocycles. The summed E-state index contributed by atoms with van der Waals surface area (Å²) in [6.07, 6.45) is 5.93. The third-order valence-corrected chi connectivity index (χ3v) is 7.06. The second kappa shape index (κ2) is 9.52. The summed E-state index contributed by atoms with van der Waals surface area (Å²) < 4.78 is 2.16. The number of thiazole rings is 1. The van der Waals surface area contributed by atoms with Gasteiger partial charge in [-0.25, -0.2) is 9.97 Å². The van der Waals surface area contributed by atoms with Crippen molar-refractivity contribution in [3.05, 3.63) is 70.5 Å². The van der Waals surface area contributed by atoms with E-state index in [9.17, 15) is 5.11 Å². The van der Waals surface area contributed by atoms with Gasteiger partial charge in [0.1, 0.15) is 11.6 Å². The molecule has 0 spiro atoms. The summed E-state index contributed by atoms with van der Waals surface area (Å²) in [5.41, 5.74) is 3.11. The van der Waals surface area contributed by atoms with E-state index in [4.69, 9.17) is 9.97 Å². The summed E-state index contributed by atoms with van der Waals surface area (Å²) in [7, 11) is 0. The number of anilines is 3. The van der Waals surface area contributed by atoms with Crippen LogP contribution in [0.15, 0.2) is 59.2 Å². The molecule has 4 aromatic rings. The maximum Gasteiger partial charge on any atom is 0.189 e. The Morgan fingerprint density at radius 3 is 2.66 bits per heavy atom. The van der Waals surface area contributed by atoms with Gasteiger partial charge in [-0.15, -0.1) is 0 Å². The Bertz CT molecular complexity index is 1210. The second-order valence-corrected chi connectivity index (χ2v) is 10.1. The van der Waals surface area contributed by atoms with E-state index in [1.807, 2.05) is 36.5 Å². The van der Waals surface area contributed by atoms with Gasteiger partial charge >= 0.3 is 0 Å². The van der Waals surface area contributed by atoms with Gasteiger partial charge in [-0.05, 0) is 73.7 Å². The number of aliphatic hydroxyl groups excluding tert-OH is 1. The van der Waals surface area contributed by atoms with E-state index in [1.165, 1.54) is 0 Å². The average Bonchev–Trinajstić information content (AvgIpc) is 3.17. The molecule has 0 atom stereocenters. The normalized spacial score (nSPS) is 18.6. The van der Waals surface area contributed by atoms with Crippen molar-refractivity contribution >= 4 is 54.3 Å². The van der Waals surface area contributed by atoms with E-state index in [-0.39, 0.29) is 6.10 Å². The first-order valence-electron chi connectivity index (χ1n) is 10.8. The van der Waals surface area contributed by atoms with E-state index < -0.39 is 0 Å². The number of benzene rings is 1. The van der Waals surface area contributed by atoms with Crippen molar-refractivity contribution in [2.24, 2.45) is 0 Å². The monoisotopic (exact) mass is 509 g/mol. The van der Waals surface area contributed by atoms with Crippen LogP contribution in [0.3, 0.4) is 0 Å². The van der Waals surface area contributed by atoms with Gasteiger partial charge in [-0.1, -0.05) is 33.3 Å². The average molecular weight is 510 g/mol. The van der Waals surface area contributed by atoms with Crippen LogP contribution in [0.5, 0.6) is 0 Å². The Balaban J connectivity index is 1.42. The molecule has 6 nitrogen and oxygen atoms in total. The number of nitrogens with zero attached hydrogens (tertiary/aromatic N) is 3. The summed E-state index contributed by atoms with van der Waals surface area (Å²) in [5, 5.41) is 17.6. The molecule has 3 N–H and O–H groups in total. The minimum atomic E-state index is -0.173. The topological polar surface area (TPSA) is 83.0 Å². The highest BCUT2D eigenvalue weighted by molar-refractivity contribution is 9.10. The molecular formula is C24H24BrN5OS. The Morgan fingerprint density at radius 1 is 1.00 bits per heavy atom. The minimum absolute atomic E-state index is 0.173. The lowest BCUT2D eigenvalue weighted by Crippen LogP contribution is -2.28. The Labute approximate surface area is 199 Å². The quantitative estimate of drug-likeness (QED) is 0.300. The van der Waals surface area contributed by atoms with E-state index in [0.29, 0.717) is 6.04 Å². The van der Waals surface area contributed by atoms with Gasteiger partial charge in [-0.3, -0.25) is 4.98 Å². The molecule has 3 heterocycles. The number of pyridine rings is 2. The van der Waals surface area contributed by atoms with Crippen LogP contribution in [0.25, 0.3) is 10.2 Å². The highest BCUT2D eigenvalue weighted by atomic mass is 79.9. The van der Waals surface area contributed by atoms with Crippen LogP contribution < -0.4 is 10.6 Å². The summed E-state index contributed by atoms with van der Waals surface area (Å²) in [5.74, 6) is 1.60. The first-order chi connectivity index (χ1) is 15.6. The van der Waals surface area contributed by atoms with Crippen LogP contribution in [-0.2, 0) is 6.42 Å². The van der Waals surface area contributed by atoms with Gasteiger partial charge in [0.15, 0.2) is 5.13 Å². The van der Waals surface area contributed by atoms with Crippen LogP contribution in [0.2, 0.25) is 0 Å². The molecular weight excluding hydrogens is 486 g/mol. The molecule has 3 aromatic heterocycles. The maximum absolute atomic E-state index is 9.82. The Kier molecular flexibility index (Phi) is 6.34. The zero-order valence-electron chi connectivity index (χ0n) is 17.5. The minimum Gasteiger partial charge on any atom is -0.393 e. The van der Waals surface area contributed by atoms with E-state index >= 15 is 0 Å².